The lowest BCUT2D eigenvalue weighted by Gasteiger charge is -2.31. The minimum atomic E-state index is -3.59. The Hall–Kier alpha value is -0.660. The Kier molecular flexibility index (Phi) is 6.22. The van der Waals surface area contributed by atoms with Gasteiger partial charge in [0.15, 0.2) is 0 Å². The van der Waals surface area contributed by atoms with E-state index in [-0.39, 0.29) is 12.6 Å². The van der Waals surface area contributed by atoms with E-state index >= 15 is 0 Å². The van der Waals surface area contributed by atoms with Crippen LogP contribution in [0.25, 0.3) is 0 Å². The van der Waals surface area contributed by atoms with Crippen LogP contribution < -0.4 is 5.73 Å². The predicted molar refractivity (Wildman–Crippen MR) is 74.6 cm³/mol. The van der Waals surface area contributed by atoms with Crippen molar-refractivity contribution in [1.82, 2.24) is 8.61 Å². The SMILES string of the molecule is CCCCN(C)S(=O)(=O)N(CC(N)=O)C1CCCC1. The molecule has 0 saturated heterocycles. The first-order valence-electron chi connectivity index (χ1n) is 6.91. The minimum absolute atomic E-state index is 0.0819. The molecule has 2 N–H and O–H groups in total. The Morgan fingerprint density at radius 1 is 1.32 bits per heavy atom. The molecular formula is C12H25N3O3S. The number of nitrogens with zero attached hydrogens (tertiary/aromatic N) is 2. The topological polar surface area (TPSA) is 83.7 Å². The zero-order valence-corrected chi connectivity index (χ0v) is 12.7. The zero-order valence-electron chi connectivity index (χ0n) is 11.8. The molecule has 0 aromatic rings. The molecule has 0 atom stereocenters. The van der Waals surface area contributed by atoms with E-state index in [1.807, 2.05) is 6.92 Å². The van der Waals surface area contributed by atoms with Crippen LogP contribution in [0.4, 0.5) is 0 Å². The zero-order chi connectivity index (χ0) is 14.5. The third kappa shape index (κ3) is 4.43. The van der Waals surface area contributed by atoms with Crippen LogP contribution in [0.3, 0.4) is 0 Å². The monoisotopic (exact) mass is 291 g/mol. The van der Waals surface area contributed by atoms with Crippen LogP contribution in [0, 0.1) is 0 Å². The smallest absolute Gasteiger partial charge is 0.282 e. The maximum Gasteiger partial charge on any atom is 0.282 e. The Bertz CT molecular complexity index is 391. The van der Waals surface area contributed by atoms with E-state index in [0.29, 0.717) is 6.54 Å². The van der Waals surface area contributed by atoms with Crippen molar-refractivity contribution in [3.63, 3.8) is 0 Å². The molecule has 6 nitrogen and oxygen atoms in total. The third-order valence-electron chi connectivity index (χ3n) is 3.56. The van der Waals surface area contributed by atoms with Gasteiger partial charge in [-0.1, -0.05) is 26.2 Å². The number of hydrogen-bond acceptors (Lipinski definition) is 3. The first kappa shape index (κ1) is 16.4. The van der Waals surface area contributed by atoms with Crippen LogP contribution in [0.5, 0.6) is 0 Å². The van der Waals surface area contributed by atoms with Crippen LogP contribution in [0.1, 0.15) is 45.4 Å². The first-order chi connectivity index (χ1) is 8.89. The predicted octanol–water partition coefficient (Wildman–Crippen LogP) is 0.693. The second kappa shape index (κ2) is 7.21. The summed E-state index contributed by atoms with van der Waals surface area (Å²) in [5.74, 6) is -0.598. The summed E-state index contributed by atoms with van der Waals surface area (Å²) < 4.78 is 27.6. The van der Waals surface area contributed by atoms with Crippen LogP contribution >= 0.6 is 0 Å². The maximum absolute atomic E-state index is 12.5. The number of unbranched alkanes of at least 4 members (excludes halogenated alkanes) is 1. The summed E-state index contributed by atoms with van der Waals surface area (Å²) >= 11 is 0. The highest BCUT2D eigenvalue weighted by atomic mass is 32.2. The molecule has 0 bridgehead atoms. The Morgan fingerprint density at radius 2 is 1.89 bits per heavy atom. The van der Waals surface area contributed by atoms with Gasteiger partial charge in [-0.2, -0.15) is 17.0 Å². The van der Waals surface area contributed by atoms with Gasteiger partial charge in [-0.25, -0.2) is 0 Å². The van der Waals surface area contributed by atoms with Gasteiger partial charge < -0.3 is 5.73 Å². The summed E-state index contributed by atoms with van der Waals surface area (Å²) in [4.78, 5) is 11.1. The fourth-order valence-electron chi connectivity index (χ4n) is 2.42. The molecule has 7 heteroatoms. The lowest BCUT2D eigenvalue weighted by molar-refractivity contribution is -0.118. The Morgan fingerprint density at radius 3 is 2.37 bits per heavy atom. The second-order valence-corrected chi connectivity index (χ2v) is 7.12. The number of primary amides is 1. The van der Waals surface area contributed by atoms with Gasteiger partial charge in [0.2, 0.25) is 5.91 Å². The number of rotatable bonds is 8. The molecular weight excluding hydrogens is 266 g/mol. The van der Waals surface area contributed by atoms with Gasteiger partial charge in [0.25, 0.3) is 10.2 Å². The van der Waals surface area contributed by atoms with E-state index in [1.165, 1.54) is 8.61 Å². The normalized spacial score (nSPS) is 17.5. The number of carbonyl (C=O) groups is 1. The van der Waals surface area contributed by atoms with Gasteiger partial charge in [0.1, 0.15) is 0 Å². The van der Waals surface area contributed by atoms with Crippen molar-refractivity contribution < 1.29 is 13.2 Å². The number of carbonyl (C=O) groups excluding carboxylic acids is 1. The summed E-state index contributed by atoms with van der Waals surface area (Å²) in [6.07, 6.45) is 5.38. The average Bonchev–Trinajstić information content (AvgIpc) is 2.85. The lowest BCUT2D eigenvalue weighted by Crippen LogP contribution is -2.49. The highest BCUT2D eigenvalue weighted by molar-refractivity contribution is 7.86. The van der Waals surface area contributed by atoms with Crippen molar-refractivity contribution in [3.05, 3.63) is 0 Å². The summed E-state index contributed by atoms with van der Waals surface area (Å²) in [5.41, 5.74) is 5.19. The number of amides is 1. The molecule has 0 heterocycles. The van der Waals surface area contributed by atoms with Crippen molar-refractivity contribution in [2.24, 2.45) is 5.73 Å². The van der Waals surface area contributed by atoms with Gasteiger partial charge in [-0.15, -0.1) is 0 Å². The van der Waals surface area contributed by atoms with E-state index in [9.17, 15) is 13.2 Å². The molecule has 112 valence electrons. The molecule has 0 aromatic carbocycles. The molecule has 0 unspecified atom stereocenters. The van der Waals surface area contributed by atoms with Crippen molar-refractivity contribution in [2.45, 2.75) is 51.5 Å². The van der Waals surface area contributed by atoms with Crippen molar-refractivity contribution in [2.75, 3.05) is 20.1 Å². The summed E-state index contributed by atoms with van der Waals surface area (Å²) in [6, 6.07) is -0.0819. The largest absolute Gasteiger partial charge is 0.369 e. The second-order valence-electron chi connectivity index (χ2n) is 5.13. The molecule has 0 radical (unpaired) electrons. The maximum atomic E-state index is 12.5. The van der Waals surface area contributed by atoms with Crippen LogP contribution in [0.15, 0.2) is 0 Å². The lowest BCUT2D eigenvalue weighted by atomic mass is 10.2. The molecule has 1 fully saturated rings. The highest BCUT2D eigenvalue weighted by Gasteiger charge is 2.35. The molecule has 0 spiro atoms. The molecule has 1 rings (SSSR count). The quantitative estimate of drug-likeness (QED) is 0.714. The minimum Gasteiger partial charge on any atom is -0.369 e. The van der Waals surface area contributed by atoms with Gasteiger partial charge in [0, 0.05) is 19.6 Å². The van der Waals surface area contributed by atoms with Crippen molar-refractivity contribution >= 4 is 16.1 Å². The van der Waals surface area contributed by atoms with Gasteiger partial charge in [0.05, 0.1) is 6.54 Å². The molecule has 1 amide bonds. The Labute approximate surface area is 116 Å². The van der Waals surface area contributed by atoms with Crippen LogP contribution in [0.2, 0.25) is 0 Å². The van der Waals surface area contributed by atoms with E-state index < -0.39 is 16.1 Å². The molecule has 1 aliphatic carbocycles. The molecule has 1 aliphatic rings. The number of hydrogen-bond donors (Lipinski definition) is 1. The van der Waals surface area contributed by atoms with Gasteiger partial charge in [-0.3, -0.25) is 4.79 Å². The Balaban J connectivity index is 2.84. The van der Waals surface area contributed by atoms with E-state index in [2.05, 4.69) is 0 Å². The molecule has 1 saturated carbocycles. The highest BCUT2D eigenvalue weighted by Crippen LogP contribution is 2.26. The fraction of sp³-hybridized carbons (Fsp3) is 0.917. The van der Waals surface area contributed by atoms with Crippen molar-refractivity contribution in [3.8, 4) is 0 Å². The standard InChI is InChI=1S/C12H25N3O3S/c1-3-4-9-14(2)19(17,18)15(10-12(13)16)11-7-5-6-8-11/h11H,3-10H2,1-2H3,(H2,13,16). The van der Waals surface area contributed by atoms with E-state index in [0.717, 1.165) is 38.5 Å². The molecule has 0 aromatic heterocycles. The van der Waals surface area contributed by atoms with Gasteiger partial charge in [-0.05, 0) is 19.3 Å². The average molecular weight is 291 g/mol. The fourth-order valence-corrected chi connectivity index (χ4v) is 4.02. The first-order valence-corrected chi connectivity index (χ1v) is 8.30. The summed E-state index contributed by atoms with van der Waals surface area (Å²) in [5, 5.41) is 0. The van der Waals surface area contributed by atoms with E-state index in [1.54, 1.807) is 7.05 Å². The third-order valence-corrected chi connectivity index (χ3v) is 5.55. The van der Waals surface area contributed by atoms with Gasteiger partial charge >= 0.3 is 0 Å². The summed E-state index contributed by atoms with van der Waals surface area (Å²) in [7, 11) is -2.02. The van der Waals surface area contributed by atoms with Crippen LogP contribution in [-0.2, 0) is 15.0 Å². The number of nitrogens with two attached hydrogens (primary N) is 1. The van der Waals surface area contributed by atoms with E-state index in [4.69, 9.17) is 5.73 Å². The molecule has 19 heavy (non-hydrogen) atoms. The van der Waals surface area contributed by atoms with Crippen molar-refractivity contribution in [1.29, 1.82) is 0 Å². The molecule has 0 aliphatic heterocycles. The van der Waals surface area contributed by atoms with Crippen LogP contribution in [-0.4, -0.2) is 49.1 Å². The summed E-state index contributed by atoms with van der Waals surface area (Å²) in [6.45, 7) is 2.27.